The SMILES string of the molecule is CCCNCc1ncc(C2CCCCS2(=O)=O)o1. The van der Waals surface area contributed by atoms with Gasteiger partial charge in [0.25, 0.3) is 0 Å². The second-order valence-corrected chi connectivity index (χ2v) is 6.99. The molecule has 5 nitrogen and oxygen atoms in total. The van der Waals surface area contributed by atoms with Crippen molar-refractivity contribution in [1.82, 2.24) is 10.3 Å². The van der Waals surface area contributed by atoms with Gasteiger partial charge >= 0.3 is 0 Å². The molecule has 1 aliphatic heterocycles. The molecule has 1 aliphatic rings. The molecule has 1 unspecified atom stereocenters. The van der Waals surface area contributed by atoms with Gasteiger partial charge in [-0.1, -0.05) is 13.3 Å². The number of oxazole rings is 1. The third-order valence-corrected chi connectivity index (χ3v) is 5.36. The second-order valence-electron chi connectivity index (χ2n) is 4.68. The van der Waals surface area contributed by atoms with Gasteiger partial charge in [0.1, 0.15) is 11.0 Å². The molecule has 1 atom stereocenters. The van der Waals surface area contributed by atoms with E-state index in [-0.39, 0.29) is 5.75 Å². The van der Waals surface area contributed by atoms with E-state index >= 15 is 0 Å². The van der Waals surface area contributed by atoms with Gasteiger partial charge in [0, 0.05) is 0 Å². The molecule has 1 saturated heterocycles. The van der Waals surface area contributed by atoms with Crippen molar-refractivity contribution >= 4 is 9.84 Å². The van der Waals surface area contributed by atoms with Crippen LogP contribution in [0.5, 0.6) is 0 Å². The Kier molecular flexibility index (Phi) is 4.40. The van der Waals surface area contributed by atoms with Gasteiger partial charge in [0.05, 0.1) is 18.5 Å². The number of rotatable bonds is 5. The number of sulfone groups is 1. The normalized spacial score (nSPS) is 23.1. The number of hydrogen-bond acceptors (Lipinski definition) is 5. The molecule has 0 aliphatic carbocycles. The standard InChI is InChI=1S/C12H20N2O3S/c1-2-6-13-9-12-14-8-10(17-12)11-5-3-4-7-18(11,15)16/h8,11,13H,2-7,9H2,1H3. The highest BCUT2D eigenvalue weighted by atomic mass is 32.2. The Morgan fingerprint density at radius 3 is 3.06 bits per heavy atom. The summed E-state index contributed by atoms with van der Waals surface area (Å²) in [4.78, 5) is 4.14. The van der Waals surface area contributed by atoms with Crippen LogP contribution in [0.2, 0.25) is 0 Å². The molecule has 0 amide bonds. The zero-order chi connectivity index (χ0) is 13.0. The van der Waals surface area contributed by atoms with E-state index in [1.165, 1.54) is 0 Å². The average Bonchev–Trinajstić information content (AvgIpc) is 2.77. The van der Waals surface area contributed by atoms with E-state index in [2.05, 4.69) is 17.2 Å². The third kappa shape index (κ3) is 3.11. The predicted molar refractivity (Wildman–Crippen MR) is 68.9 cm³/mol. The summed E-state index contributed by atoms with van der Waals surface area (Å²) in [6.07, 6.45) is 4.96. The highest BCUT2D eigenvalue weighted by Gasteiger charge is 2.33. The van der Waals surface area contributed by atoms with Gasteiger partial charge in [-0.25, -0.2) is 13.4 Å². The van der Waals surface area contributed by atoms with Crippen LogP contribution in [0.1, 0.15) is 49.5 Å². The average molecular weight is 272 g/mol. The summed E-state index contributed by atoms with van der Waals surface area (Å²) >= 11 is 0. The van der Waals surface area contributed by atoms with Crippen molar-refractivity contribution in [3.05, 3.63) is 17.8 Å². The maximum absolute atomic E-state index is 11.9. The first-order valence-electron chi connectivity index (χ1n) is 6.50. The van der Waals surface area contributed by atoms with Crippen LogP contribution in [0.25, 0.3) is 0 Å². The summed E-state index contributed by atoms with van der Waals surface area (Å²) in [6.45, 7) is 3.54. The van der Waals surface area contributed by atoms with Gasteiger partial charge in [-0.15, -0.1) is 0 Å². The van der Waals surface area contributed by atoms with Crippen LogP contribution in [0.4, 0.5) is 0 Å². The number of aromatic nitrogens is 1. The van der Waals surface area contributed by atoms with Crippen molar-refractivity contribution < 1.29 is 12.8 Å². The van der Waals surface area contributed by atoms with Crippen molar-refractivity contribution in [2.45, 2.75) is 44.4 Å². The van der Waals surface area contributed by atoms with Crippen LogP contribution in [0.15, 0.2) is 10.6 Å². The lowest BCUT2D eigenvalue weighted by atomic mass is 10.1. The fourth-order valence-electron chi connectivity index (χ4n) is 2.20. The van der Waals surface area contributed by atoms with Crippen LogP contribution >= 0.6 is 0 Å². The zero-order valence-corrected chi connectivity index (χ0v) is 11.5. The molecule has 18 heavy (non-hydrogen) atoms. The first-order valence-corrected chi connectivity index (χ1v) is 8.22. The van der Waals surface area contributed by atoms with Gasteiger partial charge in [0.15, 0.2) is 9.84 Å². The fraction of sp³-hybridized carbons (Fsp3) is 0.750. The molecule has 2 rings (SSSR count). The fourth-order valence-corrected chi connectivity index (χ4v) is 4.08. The lowest BCUT2D eigenvalue weighted by Gasteiger charge is -2.19. The molecule has 1 aromatic heterocycles. The van der Waals surface area contributed by atoms with Crippen molar-refractivity contribution in [2.24, 2.45) is 0 Å². The predicted octanol–water partition coefficient (Wildman–Crippen LogP) is 1.81. The number of nitrogens with one attached hydrogen (secondary N) is 1. The Morgan fingerprint density at radius 1 is 1.50 bits per heavy atom. The zero-order valence-electron chi connectivity index (χ0n) is 10.7. The first-order chi connectivity index (χ1) is 8.63. The lowest BCUT2D eigenvalue weighted by molar-refractivity contribution is 0.417. The molecule has 2 heterocycles. The summed E-state index contributed by atoms with van der Waals surface area (Å²) in [5.41, 5.74) is 0. The minimum atomic E-state index is -3.04. The highest BCUT2D eigenvalue weighted by molar-refractivity contribution is 7.91. The van der Waals surface area contributed by atoms with E-state index in [0.29, 0.717) is 24.6 Å². The number of hydrogen-bond donors (Lipinski definition) is 1. The maximum atomic E-state index is 11.9. The van der Waals surface area contributed by atoms with E-state index in [1.807, 2.05) is 0 Å². The molecule has 0 saturated carbocycles. The summed E-state index contributed by atoms with van der Waals surface area (Å²) in [5, 5.41) is 2.70. The Morgan fingerprint density at radius 2 is 2.33 bits per heavy atom. The van der Waals surface area contributed by atoms with Crippen LogP contribution in [0.3, 0.4) is 0 Å². The Hall–Kier alpha value is -0.880. The molecule has 0 aromatic carbocycles. The van der Waals surface area contributed by atoms with E-state index < -0.39 is 15.1 Å². The molecule has 0 bridgehead atoms. The Bertz CT molecular complexity index is 481. The monoisotopic (exact) mass is 272 g/mol. The summed E-state index contributed by atoms with van der Waals surface area (Å²) in [6, 6.07) is 0. The van der Waals surface area contributed by atoms with Gasteiger partial charge < -0.3 is 9.73 Å². The molecule has 6 heteroatoms. The van der Waals surface area contributed by atoms with Crippen molar-refractivity contribution in [3.8, 4) is 0 Å². The van der Waals surface area contributed by atoms with Crippen molar-refractivity contribution in [2.75, 3.05) is 12.3 Å². The van der Waals surface area contributed by atoms with Crippen LogP contribution in [0, 0.1) is 0 Å². The maximum Gasteiger partial charge on any atom is 0.208 e. The van der Waals surface area contributed by atoms with Gasteiger partial charge in [-0.2, -0.15) is 0 Å². The van der Waals surface area contributed by atoms with Gasteiger partial charge in [-0.3, -0.25) is 0 Å². The van der Waals surface area contributed by atoms with Crippen LogP contribution < -0.4 is 5.32 Å². The summed E-state index contributed by atoms with van der Waals surface area (Å²) < 4.78 is 29.4. The molecular formula is C12H20N2O3S. The lowest BCUT2D eigenvalue weighted by Crippen LogP contribution is -2.21. The molecule has 102 valence electrons. The first kappa shape index (κ1) is 13.5. The van der Waals surface area contributed by atoms with E-state index in [1.54, 1.807) is 6.20 Å². The second kappa shape index (κ2) is 5.84. The third-order valence-electron chi connectivity index (χ3n) is 3.17. The molecule has 1 N–H and O–H groups in total. The summed E-state index contributed by atoms with van der Waals surface area (Å²) in [5.74, 6) is 1.34. The minimum absolute atomic E-state index is 0.266. The Balaban J connectivity index is 2.04. The quantitative estimate of drug-likeness (QED) is 0.828. The topological polar surface area (TPSA) is 72.2 Å². The highest BCUT2D eigenvalue weighted by Crippen LogP contribution is 2.33. The number of nitrogens with zero attached hydrogens (tertiary/aromatic N) is 1. The van der Waals surface area contributed by atoms with Crippen LogP contribution in [-0.2, 0) is 16.4 Å². The van der Waals surface area contributed by atoms with Crippen molar-refractivity contribution in [1.29, 1.82) is 0 Å². The van der Waals surface area contributed by atoms with Crippen LogP contribution in [-0.4, -0.2) is 25.7 Å². The van der Waals surface area contributed by atoms with E-state index in [4.69, 9.17) is 4.42 Å². The molecule has 0 radical (unpaired) electrons. The van der Waals surface area contributed by atoms with Crippen molar-refractivity contribution in [3.63, 3.8) is 0 Å². The Labute approximate surface area is 108 Å². The summed E-state index contributed by atoms with van der Waals surface area (Å²) in [7, 11) is -3.04. The van der Waals surface area contributed by atoms with E-state index in [0.717, 1.165) is 25.8 Å². The van der Waals surface area contributed by atoms with E-state index in [9.17, 15) is 8.42 Å². The molecule has 1 aromatic rings. The largest absolute Gasteiger partial charge is 0.443 e. The smallest absolute Gasteiger partial charge is 0.208 e. The molecule has 0 spiro atoms. The van der Waals surface area contributed by atoms with Gasteiger partial charge in [-0.05, 0) is 25.8 Å². The minimum Gasteiger partial charge on any atom is -0.443 e. The molecule has 1 fully saturated rings. The molecular weight excluding hydrogens is 252 g/mol. The van der Waals surface area contributed by atoms with Gasteiger partial charge in [0.2, 0.25) is 5.89 Å².